The molecule has 0 N–H and O–H groups in total. The van der Waals surface area contributed by atoms with E-state index >= 15 is 0 Å². The van der Waals surface area contributed by atoms with Gasteiger partial charge in [0.2, 0.25) is 0 Å². The lowest BCUT2D eigenvalue weighted by atomic mass is 10.1. The predicted octanol–water partition coefficient (Wildman–Crippen LogP) is 1.70. The summed E-state index contributed by atoms with van der Waals surface area (Å²) in [5, 5.41) is 0. The van der Waals surface area contributed by atoms with Crippen LogP contribution in [0.1, 0.15) is 20.7 Å². The second-order valence-corrected chi connectivity index (χ2v) is 8.93. The summed E-state index contributed by atoms with van der Waals surface area (Å²) >= 11 is 0. The third kappa shape index (κ3) is 4.03. The van der Waals surface area contributed by atoms with Crippen molar-refractivity contribution in [3.8, 4) is 0 Å². The summed E-state index contributed by atoms with van der Waals surface area (Å²) in [5.74, 6) is -0.829. The lowest BCUT2D eigenvalue weighted by molar-refractivity contribution is 0.0579. The van der Waals surface area contributed by atoms with Crippen LogP contribution < -0.4 is 0 Å². The molecule has 6 nitrogen and oxygen atoms in total. The van der Waals surface area contributed by atoms with Gasteiger partial charge in [-0.25, -0.2) is 8.42 Å². The standard InChI is InChI=1S/C20H22N2O4S/c1-21(19(23)15-9-5-3-6-10-15)17-13-27(25,26)14-18(17)22(2)20(24)16-11-7-4-8-12-16/h3-12,17-18H,13-14H2,1-2H3/t17-,18-/m1/s1. The van der Waals surface area contributed by atoms with Crippen LogP contribution in [0, 0.1) is 0 Å². The first kappa shape index (κ1) is 19.1. The van der Waals surface area contributed by atoms with E-state index in [1.54, 1.807) is 62.6 Å². The molecule has 1 aliphatic heterocycles. The lowest BCUT2D eigenvalue weighted by Gasteiger charge is -2.34. The first-order valence-electron chi connectivity index (χ1n) is 8.65. The van der Waals surface area contributed by atoms with Crippen molar-refractivity contribution >= 4 is 21.7 Å². The van der Waals surface area contributed by atoms with Crippen molar-refractivity contribution in [2.75, 3.05) is 25.6 Å². The Hall–Kier alpha value is -2.67. The number of carbonyl (C=O) groups is 2. The van der Waals surface area contributed by atoms with Gasteiger partial charge in [-0.3, -0.25) is 9.59 Å². The minimum absolute atomic E-state index is 0.154. The van der Waals surface area contributed by atoms with Gasteiger partial charge in [0.05, 0.1) is 23.6 Å². The Balaban J connectivity index is 1.86. The average molecular weight is 386 g/mol. The van der Waals surface area contributed by atoms with Crippen LogP contribution >= 0.6 is 0 Å². The normalized spacial score (nSPS) is 20.8. The summed E-state index contributed by atoms with van der Waals surface area (Å²) in [4.78, 5) is 28.4. The minimum Gasteiger partial charge on any atom is -0.336 e. The van der Waals surface area contributed by atoms with E-state index in [-0.39, 0.29) is 23.3 Å². The third-order valence-electron chi connectivity index (χ3n) is 4.97. The maximum absolute atomic E-state index is 12.8. The fourth-order valence-electron chi connectivity index (χ4n) is 3.42. The molecule has 3 rings (SSSR count). The van der Waals surface area contributed by atoms with Crippen LogP contribution in [-0.4, -0.2) is 67.7 Å². The van der Waals surface area contributed by atoms with E-state index in [0.717, 1.165) is 0 Å². The Labute approximate surface area is 159 Å². The van der Waals surface area contributed by atoms with Gasteiger partial charge in [-0.2, -0.15) is 0 Å². The summed E-state index contributed by atoms with van der Waals surface area (Å²) in [6.45, 7) is 0. The van der Waals surface area contributed by atoms with Crippen LogP contribution in [0.15, 0.2) is 60.7 Å². The Morgan fingerprint density at radius 2 is 1.07 bits per heavy atom. The number of likely N-dealkylation sites (N-methyl/N-ethyl adjacent to an activating group) is 2. The third-order valence-corrected chi connectivity index (χ3v) is 6.67. The molecule has 2 aromatic rings. The molecule has 0 spiro atoms. The van der Waals surface area contributed by atoms with Crippen molar-refractivity contribution in [1.82, 2.24) is 9.80 Å². The van der Waals surface area contributed by atoms with Crippen molar-refractivity contribution in [2.24, 2.45) is 0 Å². The smallest absolute Gasteiger partial charge is 0.253 e. The molecule has 2 amide bonds. The molecule has 1 heterocycles. The first-order chi connectivity index (χ1) is 12.8. The molecule has 2 atom stereocenters. The van der Waals surface area contributed by atoms with Crippen LogP contribution in [0.5, 0.6) is 0 Å². The largest absolute Gasteiger partial charge is 0.336 e. The molecule has 7 heteroatoms. The maximum atomic E-state index is 12.8. The number of benzene rings is 2. The number of hydrogen-bond donors (Lipinski definition) is 0. The summed E-state index contributed by atoms with van der Waals surface area (Å²) in [5.41, 5.74) is 0.972. The van der Waals surface area contributed by atoms with Crippen LogP contribution in [-0.2, 0) is 9.84 Å². The first-order valence-corrected chi connectivity index (χ1v) is 10.5. The number of carbonyl (C=O) groups excluding carboxylic acids is 2. The van der Waals surface area contributed by atoms with Crippen molar-refractivity contribution in [2.45, 2.75) is 12.1 Å². The minimum atomic E-state index is -3.35. The molecule has 0 unspecified atom stereocenters. The number of rotatable bonds is 4. The number of amides is 2. The quantitative estimate of drug-likeness (QED) is 0.802. The van der Waals surface area contributed by atoms with Gasteiger partial charge in [-0.1, -0.05) is 36.4 Å². The van der Waals surface area contributed by atoms with Gasteiger partial charge in [0.1, 0.15) is 0 Å². The number of nitrogens with zero attached hydrogens (tertiary/aromatic N) is 2. The van der Waals surface area contributed by atoms with Crippen LogP contribution in [0.2, 0.25) is 0 Å². The van der Waals surface area contributed by atoms with Gasteiger partial charge in [0.25, 0.3) is 11.8 Å². The Kier molecular flexibility index (Phi) is 5.32. The fraction of sp³-hybridized carbons (Fsp3) is 0.300. The zero-order valence-electron chi connectivity index (χ0n) is 15.3. The zero-order valence-corrected chi connectivity index (χ0v) is 16.1. The molecule has 2 aromatic carbocycles. The highest BCUT2D eigenvalue weighted by Gasteiger charge is 2.44. The Morgan fingerprint density at radius 3 is 1.41 bits per heavy atom. The Morgan fingerprint density at radius 1 is 0.741 bits per heavy atom. The summed E-state index contributed by atoms with van der Waals surface area (Å²) < 4.78 is 24.6. The van der Waals surface area contributed by atoms with Gasteiger partial charge < -0.3 is 9.80 Å². The maximum Gasteiger partial charge on any atom is 0.253 e. The second kappa shape index (κ2) is 7.52. The zero-order chi connectivity index (χ0) is 19.6. The average Bonchev–Trinajstić information content (AvgIpc) is 3.02. The molecule has 1 saturated heterocycles. The molecule has 27 heavy (non-hydrogen) atoms. The van der Waals surface area contributed by atoms with Crippen molar-refractivity contribution in [3.05, 3.63) is 71.8 Å². The highest BCUT2D eigenvalue weighted by atomic mass is 32.2. The van der Waals surface area contributed by atoms with Crippen molar-refractivity contribution in [1.29, 1.82) is 0 Å². The van der Waals surface area contributed by atoms with Crippen molar-refractivity contribution in [3.63, 3.8) is 0 Å². The van der Waals surface area contributed by atoms with Crippen molar-refractivity contribution < 1.29 is 18.0 Å². The van der Waals surface area contributed by atoms with Gasteiger partial charge in [0.15, 0.2) is 9.84 Å². The molecule has 0 radical (unpaired) electrons. The van der Waals surface area contributed by atoms with Gasteiger partial charge >= 0.3 is 0 Å². The summed E-state index contributed by atoms with van der Waals surface area (Å²) in [6.07, 6.45) is 0. The molecular formula is C20H22N2O4S. The highest BCUT2D eigenvalue weighted by molar-refractivity contribution is 7.91. The molecular weight excluding hydrogens is 364 g/mol. The van der Waals surface area contributed by atoms with E-state index in [9.17, 15) is 18.0 Å². The van der Waals surface area contributed by atoms with Gasteiger partial charge in [-0.05, 0) is 24.3 Å². The van der Waals surface area contributed by atoms with Crippen LogP contribution in [0.4, 0.5) is 0 Å². The SMILES string of the molecule is CN(C(=O)c1ccccc1)[C@@H]1CS(=O)(=O)C[C@H]1N(C)C(=O)c1ccccc1. The van der Waals surface area contributed by atoms with Crippen LogP contribution in [0.25, 0.3) is 0 Å². The molecule has 1 fully saturated rings. The van der Waals surface area contributed by atoms with E-state index in [1.165, 1.54) is 9.80 Å². The van der Waals surface area contributed by atoms with E-state index in [4.69, 9.17) is 0 Å². The van der Waals surface area contributed by atoms with E-state index in [1.807, 2.05) is 12.1 Å². The number of sulfone groups is 1. The van der Waals surface area contributed by atoms with Gasteiger partial charge in [-0.15, -0.1) is 0 Å². The fourth-order valence-corrected chi connectivity index (χ4v) is 5.49. The van der Waals surface area contributed by atoms with E-state index < -0.39 is 21.9 Å². The lowest BCUT2D eigenvalue weighted by Crippen LogP contribution is -2.52. The number of hydrogen-bond acceptors (Lipinski definition) is 4. The van der Waals surface area contributed by atoms with Crippen LogP contribution in [0.3, 0.4) is 0 Å². The van der Waals surface area contributed by atoms with E-state index in [0.29, 0.717) is 11.1 Å². The van der Waals surface area contributed by atoms with E-state index in [2.05, 4.69) is 0 Å². The second-order valence-electron chi connectivity index (χ2n) is 6.78. The molecule has 0 aromatic heterocycles. The molecule has 0 saturated carbocycles. The predicted molar refractivity (Wildman–Crippen MR) is 103 cm³/mol. The Bertz CT molecular complexity index is 857. The highest BCUT2D eigenvalue weighted by Crippen LogP contribution is 2.24. The molecule has 1 aliphatic rings. The monoisotopic (exact) mass is 386 g/mol. The molecule has 142 valence electrons. The summed E-state index contributed by atoms with van der Waals surface area (Å²) in [6, 6.07) is 16.2. The molecule has 0 aliphatic carbocycles. The van der Waals surface area contributed by atoms with Gasteiger partial charge in [0, 0.05) is 25.2 Å². The summed E-state index contributed by atoms with van der Waals surface area (Å²) in [7, 11) is -0.170. The topological polar surface area (TPSA) is 74.8 Å². The molecule has 0 bridgehead atoms.